The Morgan fingerprint density at radius 3 is 3.00 bits per heavy atom. The highest BCUT2D eigenvalue weighted by Crippen LogP contribution is 2.51. The maximum atomic E-state index is 5.57. The maximum Gasteiger partial charge on any atom is 0.110 e. The number of ether oxygens (including phenoxy) is 1. The van der Waals surface area contributed by atoms with Crippen molar-refractivity contribution in [2.75, 3.05) is 0 Å². The van der Waals surface area contributed by atoms with Gasteiger partial charge in [0.2, 0.25) is 0 Å². The summed E-state index contributed by atoms with van der Waals surface area (Å²) in [5, 5.41) is 0. The Balaban J connectivity index is 2.16. The molecule has 1 aliphatic carbocycles. The Morgan fingerprint density at radius 1 is 1.38 bits per heavy atom. The minimum Gasteiger partial charge on any atom is -0.364 e. The third kappa shape index (κ3) is 0.969. The normalized spacial score (nSPS) is 28.8. The van der Waals surface area contributed by atoms with E-state index in [9.17, 15) is 0 Å². The molecule has 0 unspecified atom stereocenters. The van der Waals surface area contributed by atoms with E-state index in [1.54, 1.807) is 0 Å². The van der Waals surface area contributed by atoms with Crippen molar-refractivity contribution < 1.29 is 4.74 Å². The summed E-state index contributed by atoms with van der Waals surface area (Å²) in [5.74, 6) is 0.623. The second-order valence-electron chi connectivity index (χ2n) is 4.37. The largest absolute Gasteiger partial charge is 0.364 e. The number of epoxide rings is 1. The highest BCUT2D eigenvalue weighted by Gasteiger charge is 2.48. The van der Waals surface area contributed by atoms with Crippen LogP contribution in [0.1, 0.15) is 42.6 Å². The van der Waals surface area contributed by atoms with Crippen LogP contribution in [0.5, 0.6) is 0 Å². The van der Waals surface area contributed by atoms with Crippen molar-refractivity contribution in [3.8, 4) is 0 Å². The molecule has 0 bridgehead atoms. The molecule has 0 amide bonds. The molecule has 0 radical (unpaired) electrons. The Morgan fingerprint density at radius 2 is 2.23 bits per heavy atom. The molecule has 0 saturated carbocycles. The van der Waals surface area contributed by atoms with E-state index in [-0.39, 0.29) is 0 Å². The molecule has 2 atom stereocenters. The third-order valence-electron chi connectivity index (χ3n) is 3.14. The molecule has 2 aliphatic rings. The van der Waals surface area contributed by atoms with Gasteiger partial charge in [-0.3, -0.25) is 0 Å². The molecular weight excluding hydrogens is 160 g/mol. The third-order valence-corrected chi connectivity index (χ3v) is 3.14. The van der Waals surface area contributed by atoms with Crippen molar-refractivity contribution in [2.45, 2.75) is 38.4 Å². The topological polar surface area (TPSA) is 12.5 Å². The molecule has 0 aromatic heterocycles. The van der Waals surface area contributed by atoms with Gasteiger partial charge in [-0.1, -0.05) is 32.0 Å². The predicted molar refractivity (Wildman–Crippen MR) is 51.8 cm³/mol. The van der Waals surface area contributed by atoms with E-state index < -0.39 is 0 Å². The monoisotopic (exact) mass is 174 g/mol. The average Bonchev–Trinajstić information content (AvgIpc) is 2.77. The number of hydrogen-bond donors (Lipinski definition) is 0. The second kappa shape index (κ2) is 2.36. The van der Waals surface area contributed by atoms with Crippen LogP contribution in [0.3, 0.4) is 0 Å². The number of hydrogen-bond acceptors (Lipinski definition) is 1. The summed E-state index contributed by atoms with van der Waals surface area (Å²) >= 11 is 0. The molecule has 3 rings (SSSR count). The van der Waals surface area contributed by atoms with Crippen molar-refractivity contribution in [1.29, 1.82) is 0 Å². The van der Waals surface area contributed by atoms with Gasteiger partial charge >= 0.3 is 0 Å². The Hall–Kier alpha value is -0.820. The van der Waals surface area contributed by atoms with Crippen LogP contribution in [0.2, 0.25) is 0 Å². The number of rotatable bonds is 1. The van der Waals surface area contributed by atoms with Crippen LogP contribution in [0.15, 0.2) is 18.2 Å². The van der Waals surface area contributed by atoms with Gasteiger partial charge in [0.15, 0.2) is 0 Å². The molecule has 1 saturated heterocycles. The first-order valence-electron chi connectivity index (χ1n) is 5.04. The summed E-state index contributed by atoms with van der Waals surface area (Å²) < 4.78 is 5.57. The van der Waals surface area contributed by atoms with Gasteiger partial charge in [0.05, 0.1) is 6.10 Å². The van der Waals surface area contributed by atoms with Crippen LogP contribution < -0.4 is 0 Å². The summed E-state index contributed by atoms with van der Waals surface area (Å²) in [5.41, 5.74) is 4.51. The van der Waals surface area contributed by atoms with Crippen LogP contribution in [0.25, 0.3) is 0 Å². The highest BCUT2D eigenvalue weighted by atomic mass is 16.6. The fourth-order valence-electron chi connectivity index (χ4n) is 2.43. The Bertz CT molecular complexity index is 354. The van der Waals surface area contributed by atoms with E-state index in [1.165, 1.54) is 16.7 Å². The van der Waals surface area contributed by atoms with Crippen molar-refractivity contribution in [2.24, 2.45) is 0 Å². The van der Waals surface area contributed by atoms with Gasteiger partial charge in [0.25, 0.3) is 0 Å². The Kier molecular flexibility index (Phi) is 1.37. The summed E-state index contributed by atoms with van der Waals surface area (Å²) in [4.78, 5) is 0. The Labute approximate surface area is 78.7 Å². The van der Waals surface area contributed by atoms with Crippen LogP contribution >= 0.6 is 0 Å². The van der Waals surface area contributed by atoms with Crippen molar-refractivity contribution >= 4 is 0 Å². The first-order valence-corrected chi connectivity index (χ1v) is 5.04. The van der Waals surface area contributed by atoms with Gasteiger partial charge in [0, 0.05) is 6.42 Å². The van der Waals surface area contributed by atoms with E-state index in [4.69, 9.17) is 4.74 Å². The molecule has 1 aromatic carbocycles. The van der Waals surface area contributed by atoms with Crippen LogP contribution in [-0.2, 0) is 11.2 Å². The minimum atomic E-state index is 0.452. The molecule has 0 N–H and O–H groups in total. The number of fused-ring (bicyclic) bond motifs is 3. The molecule has 1 nitrogen and oxygen atoms in total. The molecule has 0 spiro atoms. The summed E-state index contributed by atoms with van der Waals surface area (Å²) in [6.45, 7) is 4.51. The zero-order valence-electron chi connectivity index (χ0n) is 8.08. The molecule has 1 fully saturated rings. The molecular formula is C12H14O. The average molecular weight is 174 g/mol. The lowest BCUT2D eigenvalue weighted by atomic mass is 9.94. The van der Waals surface area contributed by atoms with Gasteiger partial charge in [0.1, 0.15) is 6.10 Å². The SMILES string of the molecule is CC(C)c1cccc2c1[C@H]1O[C@@H]1C2. The zero-order chi connectivity index (χ0) is 9.00. The van der Waals surface area contributed by atoms with Crippen molar-refractivity contribution in [3.05, 3.63) is 34.9 Å². The van der Waals surface area contributed by atoms with Gasteiger partial charge in [-0.15, -0.1) is 0 Å². The number of benzene rings is 1. The first-order chi connectivity index (χ1) is 6.27. The molecule has 1 heterocycles. The fourth-order valence-corrected chi connectivity index (χ4v) is 2.43. The molecule has 13 heavy (non-hydrogen) atoms. The minimum absolute atomic E-state index is 0.452. The van der Waals surface area contributed by atoms with Crippen molar-refractivity contribution in [1.82, 2.24) is 0 Å². The standard InChI is InChI=1S/C12H14O/c1-7(2)9-5-3-4-8-6-10-12(13-10)11(8)9/h3-5,7,10,12H,6H2,1-2H3/t10-,12+/m1/s1. The second-order valence-corrected chi connectivity index (χ2v) is 4.37. The van der Waals surface area contributed by atoms with Gasteiger partial charge < -0.3 is 4.74 Å². The predicted octanol–water partition coefficient (Wildman–Crippen LogP) is 2.81. The molecule has 1 heteroatoms. The summed E-state index contributed by atoms with van der Waals surface area (Å²) in [6, 6.07) is 6.67. The van der Waals surface area contributed by atoms with E-state index in [2.05, 4.69) is 32.0 Å². The smallest absolute Gasteiger partial charge is 0.110 e. The fraction of sp³-hybridized carbons (Fsp3) is 0.500. The molecule has 68 valence electrons. The van der Waals surface area contributed by atoms with Gasteiger partial charge in [-0.05, 0) is 22.6 Å². The summed E-state index contributed by atoms with van der Waals surface area (Å²) in [6.07, 6.45) is 2.11. The van der Waals surface area contributed by atoms with E-state index in [0.29, 0.717) is 18.1 Å². The quantitative estimate of drug-likeness (QED) is 0.596. The first kappa shape index (κ1) is 7.57. The molecule has 1 aliphatic heterocycles. The van der Waals surface area contributed by atoms with E-state index in [1.807, 2.05) is 0 Å². The van der Waals surface area contributed by atoms with Crippen LogP contribution in [-0.4, -0.2) is 6.10 Å². The van der Waals surface area contributed by atoms with Crippen LogP contribution in [0.4, 0.5) is 0 Å². The summed E-state index contributed by atoms with van der Waals surface area (Å²) in [7, 11) is 0. The van der Waals surface area contributed by atoms with Crippen LogP contribution in [0, 0.1) is 0 Å². The van der Waals surface area contributed by atoms with E-state index in [0.717, 1.165) is 6.42 Å². The van der Waals surface area contributed by atoms with E-state index >= 15 is 0 Å². The van der Waals surface area contributed by atoms with Crippen molar-refractivity contribution in [3.63, 3.8) is 0 Å². The van der Waals surface area contributed by atoms with Gasteiger partial charge in [-0.2, -0.15) is 0 Å². The lowest BCUT2D eigenvalue weighted by Crippen LogP contribution is -1.96. The lowest BCUT2D eigenvalue weighted by molar-refractivity contribution is 0.359. The highest BCUT2D eigenvalue weighted by molar-refractivity contribution is 5.46. The zero-order valence-corrected chi connectivity index (χ0v) is 8.08. The van der Waals surface area contributed by atoms with Gasteiger partial charge in [-0.25, -0.2) is 0 Å². The maximum absolute atomic E-state index is 5.57. The lowest BCUT2D eigenvalue weighted by Gasteiger charge is -2.12. The molecule has 1 aromatic rings.